The second kappa shape index (κ2) is 7.49. The Kier molecular flexibility index (Phi) is 5.37. The molecule has 0 bridgehead atoms. The average molecular weight is 289 g/mol. The van der Waals surface area contributed by atoms with Crippen LogP contribution in [-0.4, -0.2) is 21.8 Å². The Morgan fingerprint density at radius 3 is 2.95 bits per heavy atom. The number of rotatable bonds is 7. The van der Waals surface area contributed by atoms with Crippen molar-refractivity contribution in [1.82, 2.24) is 10.1 Å². The van der Waals surface area contributed by atoms with E-state index >= 15 is 0 Å². The Bertz CT molecular complexity index is 569. The molecular formula is C14H15N3O2S. The minimum Gasteiger partial charge on any atom is -0.338 e. The van der Waals surface area contributed by atoms with E-state index in [-0.39, 0.29) is 12.3 Å². The average Bonchev–Trinajstić information content (AvgIpc) is 2.87. The third-order valence-corrected chi connectivity index (χ3v) is 3.27. The van der Waals surface area contributed by atoms with Crippen LogP contribution in [0, 0.1) is 0 Å². The maximum atomic E-state index is 11.8. The summed E-state index contributed by atoms with van der Waals surface area (Å²) in [4.78, 5) is 16.0. The molecule has 20 heavy (non-hydrogen) atoms. The summed E-state index contributed by atoms with van der Waals surface area (Å²) in [6.07, 6.45) is 1.92. The highest BCUT2D eigenvalue weighted by molar-refractivity contribution is 7.98. The molecule has 0 spiro atoms. The number of carbonyl (C=O) groups is 1. The first-order valence-electron chi connectivity index (χ1n) is 6.13. The summed E-state index contributed by atoms with van der Waals surface area (Å²) in [5.41, 5.74) is 0.753. The largest absolute Gasteiger partial charge is 0.338 e. The molecule has 1 aromatic heterocycles. The van der Waals surface area contributed by atoms with E-state index in [0.717, 1.165) is 11.4 Å². The fourth-order valence-electron chi connectivity index (χ4n) is 1.52. The van der Waals surface area contributed by atoms with Crippen molar-refractivity contribution in [3.8, 4) is 0 Å². The van der Waals surface area contributed by atoms with Crippen LogP contribution in [0.4, 0.5) is 5.69 Å². The maximum absolute atomic E-state index is 11.8. The predicted molar refractivity (Wildman–Crippen MR) is 79.4 cm³/mol. The zero-order valence-corrected chi connectivity index (χ0v) is 11.7. The van der Waals surface area contributed by atoms with Crippen molar-refractivity contribution in [2.45, 2.75) is 12.2 Å². The van der Waals surface area contributed by atoms with Gasteiger partial charge in [0.25, 0.3) is 0 Å². The number of nitrogens with zero attached hydrogens (tertiary/aromatic N) is 2. The van der Waals surface area contributed by atoms with Crippen molar-refractivity contribution in [1.29, 1.82) is 0 Å². The monoisotopic (exact) mass is 289 g/mol. The first-order chi connectivity index (χ1) is 9.78. The van der Waals surface area contributed by atoms with E-state index in [2.05, 4.69) is 22.0 Å². The Morgan fingerprint density at radius 1 is 1.40 bits per heavy atom. The van der Waals surface area contributed by atoms with Gasteiger partial charge in [0.15, 0.2) is 5.82 Å². The van der Waals surface area contributed by atoms with Crippen molar-refractivity contribution in [3.63, 3.8) is 0 Å². The minimum atomic E-state index is -0.165. The molecule has 1 amide bonds. The number of carbonyl (C=O) groups excluding carboxylic acids is 1. The van der Waals surface area contributed by atoms with Crippen LogP contribution in [0.5, 0.6) is 0 Å². The van der Waals surface area contributed by atoms with Gasteiger partial charge in [-0.15, -0.1) is 18.3 Å². The second-order valence-electron chi connectivity index (χ2n) is 4.00. The number of para-hydroxylation sites is 1. The van der Waals surface area contributed by atoms with Gasteiger partial charge in [0.2, 0.25) is 11.8 Å². The summed E-state index contributed by atoms with van der Waals surface area (Å²) in [6, 6.07) is 9.26. The highest BCUT2D eigenvalue weighted by Gasteiger charge is 2.11. The zero-order valence-electron chi connectivity index (χ0n) is 10.9. The number of anilines is 1. The third kappa shape index (κ3) is 4.55. The molecule has 0 saturated carbocycles. The van der Waals surface area contributed by atoms with Gasteiger partial charge in [0.1, 0.15) is 0 Å². The van der Waals surface area contributed by atoms with E-state index in [4.69, 9.17) is 4.52 Å². The highest BCUT2D eigenvalue weighted by atomic mass is 32.2. The Hall–Kier alpha value is -2.08. The number of nitrogens with one attached hydrogen (secondary N) is 1. The molecule has 2 aromatic rings. The van der Waals surface area contributed by atoms with E-state index in [1.807, 2.05) is 36.4 Å². The van der Waals surface area contributed by atoms with Gasteiger partial charge >= 0.3 is 0 Å². The fourth-order valence-corrected chi connectivity index (χ4v) is 2.10. The number of hydrogen-bond donors (Lipinski definition) is 1. The van der Waals surface area contributed by atoms with Gasteiger partial charge in [0, 0.05) is 11.4 Å². The quantitative estimate of drug-likeness (QED) is 0.627. The standard InChI is InChI=1S/C14H15N3O2S/c1-2-8-20-10-14-16-12(17-19-14)9-13(18)15-11-6-4-3-5-7-11/h2-7H,1,8-10H2,(H,15,18). The normalized spacial score (nSPS) is 10.2. The van der Waals surface area contributed by atoms with Gasteiger partial charge in [-0.2, -0.15) is 4.98 Å². The van der Waals surface area contributed by atoms with Gasteiger partial charge in [-0.25, -0.2) is 0 Å². The van der Waals surface area contributed by atoms with Crippen molar-refractivity contribution in [3.05, 3.63) is 54.7 Å². The van der Waals surface area contributed by atoms with Crippen LogP contribution in [0.2, 0.25) is 0 Å². The van der Waals surface area contributed by atoms with Crippen molar-refractivity contribution in [2.75, 3.05) is 11.1 Å². The van der Waals surface area contributed by atoms with Crippen LogP contribution in [0.3, 0.4) is 0 Å². The lowest BCUT2D eigenvalue weighted by atomic mass is 10.3. The summed E-state index contributed by atoms with van der Waals surface area (Å²) < 4.78 is 5.07. The molecule has 0 aliphatic heterocycles. The van der Waals surface area contributed by atoms with Gasteiger partial charge in [0.05, 0.1) is 12.2 Å². The fraction of sp³-hybridized carbons (Fsp3) is 0.214. The summed E-state index contributed by atoms with van der Waals surface area (Å²) in [7, 11) is 0. The van der Waals surface area contributed by atoms with Gasteiger partial charge in [-0.3, -0.25) is 4.79 Å². The molecule has 0 fully saturated rings. The lowest BCUT2D eigenvalue weighted by molar-refractivity contribution is -0.115. The van der Waals surface area contributed by atoms with E-state index in [9.17, 15) is 4.79 Å². The lowest BCUT2D eigenvalue weighted by Gasteiger charge is -2.01. The smallest absolute Gasteiger partial charge is 0.236 e. The maximum Gasteiger partial charge on any atom is 0.236 e. The molecule has 0 unspecified atom stereocenters. The molecule has 1 aromatic carbocycles. The SMILES string of the molecule is C=CCSCc1nc(CC(=O)Nc2ccccc2)no1. The molecule has 0 aliphatic carbocycles. The summed E-state index contributed by atoms with van der Waals surface area (Å²) >= 11 is 1.63. The molecule has 1 N–H and O–H groups in total. The molecule has 1 heterocycles. The summed E-state index contributed by atoms with van der Waals surface area (Å²) in [5.74, 6) is 2.21. The molecular weight excluding hydrogens is 274 g/mol. The third-order valence-electron chi connectivity index (χ3n) is 2.35. The van der Waals surface area contributed by atoms with E-state index < -0.39 is 0 Å². The van der Waals surface area contributed by atoms with Crippen LogP contribution >= 0.6 is 11.8 Å². The van der Waals surface area contributed by atoms with Crippen LogP contribution < -0.4 is 5.32 Å². The second-order valence-corrected chi connectivity index (χ2v) is 5.03. The van der Waals surface area contributed by atoms with Gasteiger partial charge in [-0.05, 0) is 12.1 Å². The minimum absolute atomic E-state index is 0.102. The van der Waals surface area contributed by atoms with E-state index in [1.54, 1.807) is 11.8 Å². The lowest BCUT2D eigenvalue weighted by Crippen LogP contribution is -2.15. The number of amides is 1. The van der Waals surface area contributed by atoms with Gasteiger partial charge < -0.3 is 9.84 Å². The molecule has 0 radical (unpaired) electrons. The summed E-state index contributed by atoms with van der Waals surface area (Å²) in [5, 5.41) is 6.56. The summed E-state index contributed by atoms with van der Waals surface area (Å²) in [6.45, 7) is 3.64. The molecule has 0 aliphatic rings. The first-order valence-corrected chi connectivity index (χ1v) is 7.28. The Morgan fingerprint density at radius 2 is 2.20 bits per heavy atom. The number of aromatic nitrogens is 2. The zero-order chi connectivity index (χ0) is 14.2. The van der Waals surface area contributed by atoms with Crippen LogP contribution in [0.15, 0.2) is 47.5 Å². The molecule has 0 saturated heterocycles. The number of hydrogen-bond acceptors (Lipinski definition) is 5. The van der Waals surface area contributed by atoms with E-state index in [1.165, 1.54) is 0 Å². The molecule has 6 heteroatoms. The Labute approximate surface area is 121 Å². The molecule has 0 atom stereocenters. The molecule has 104 valence electrons. The molecule has 2 rings (SSSR count). The van der Waals surface area contributed by atoms with Crippen LogP contribution in [0.1, 0.15) is 11.7 Å². The van der Waals surface area contributed by atoms with Crippen molar-refractivity contribution < 1.29 is 9.32 Å². The van der Waals surface area contributed by atoms with Crippen LogP contribution in [0.25, 0.3) is 0 Å². The first kappa shape index (κ1) is 14.3. The van der Waals surface area contributed by atoms with E-state index in [0.29, 0.717) is 17.5 Å². The highest BCUT2D eigenvalue weighted by Crippen LogP contribution is 2.11. The number of benzene rings is 1. The number of thioether (sulfide) groups is 1. The Balaban J connectivity index is 1.83. The van der Waals surface area contributed by atoms with Crippen LogP contribution in [-0.2, 0) is 17.0 Å². The topological polar surface area (TPSA) is 68.0 Å². The van der Waals surface area contributed by atoms with Gasteiger partial charge in [-0.1, -0.05) is 29.4 Å². The van der Waals surface area contributed by atoms with Crippen molar-refractivity contribution in [2.24, 2.45) is 0 Å². The predicted octanol–water partition coefficient (Wildman–Crippen LogP) is 2.67. The van der Waals surface area contributed by atoms with Crippen molar-refractivity contribution >= 4 is 23.4 Å². The molecule has 5 nitrogen and oxygen atoms in total.